The van der Waals surface area contributed by atoms with Crippen LogP contribution in [0.5, 0.6) is 0 Å². The molecule has 0 aliphatic rings. The molecule has 1 aromatic carbocycles. The van der Waals surface area contributed by atoms with Gasteiger partial charge in [-0.25, -0.2) is 9.67 Å². The summed E-state index contributed by atoms with van der Waals surface area (Å²) >= 11 is 0. The minimum Gasteiger partial charge on any atom is -0.348 e. The Kier molecular flexibility index (Phi) is 4.57. The lowest BCUT2D eigenvalue weighted by Gasteiger charge is -2.08. The van der Waals surface area contributed by atoms with Crippen LogP contribution in [0.3, 0.4) is 0 Å². The number of aromatic amines is 1. The van der Waals surface area contributed by atoms with Gasteiger partial charge in [-0.15, -0.1) is 0 Å². The Morgan fingerprint density at radius 2 is 1.96 bits per heavy atom. The second-order valence-corrected chi connectivity index (χ2v) is 5.28. The zero-order chi connectivity index (χ0) is 18.7. The molecular weight excluding hydrogens is 351 g/mol. The van der Waals surface area contributed by atoms with Crippen molar-refractivity contribution in [1.29, 1.82) is 0 Å². The SMILES string of the molecule is O=C(NCc1ccc(C(F)(F)F)cc1)c1cnc(-n2cccn2)[nH]c1=O. The molecule has 0 aliphatic carbocycles. The highest BCUT2D eigenvalue weighted by atomic mass is 19.4. The number of hydrogen-bond donors (Lipinski definition) is 2. The third kappa shape index (κ3) is 3.79. The minimum absolute atomic E-state index is 0.0304. The summed E-state index contributed by atoms with van der Waals surface area (Å²) in [6.07, 6.45) is -0.234. The maximum Gasteiger partial charge on any atom is 0.416 e. The highest BCUT2D eigenvalue weighted by Crippen LogP contribution is 2.29. The van der Waals surface area contributed by atoms with E-state index in [0.29, 0.717) is 5.56 Å². The monoisotopic (exact) mass is 363 g/mol. The molecule has 0 unspecified atom stereocenters. The second-order valence-electron chi connectivity index (χ2n) is 5.28. The largest absolute Gasteiger partial charge is 0.416 e. The van der Waals surface area contributed by atoms with Crippen LogP contribution in [0.25, 0.3) is 5.95 Å². The Bertz CT molecular complexity index is 963. The third-order valence-corrected chi connectivity index (χ3v) is 3.49. The number of nitrogens with zero attached hydrogens (tertiary/aromatic N) is 3. The van der Waals surface area contributed by atoms with Gasteiger partial charge in [-0.3, -0.25) is 14.6 Å². The van der Waals surface area contributed by atoms with E-state index in [1.54, 1.807) is 12.3 Å². The van der Waals surface area contributed by atoms with Gasteiger partial charge in [0.25, 0.3) is 11.5 Å². The first kappa shape index (κ1) is 17.4. The van der Waals surface area contributed by atoms with Gasteiger partial charge in [-0.05, 0) is 23.8 Å². The van der Waals surface area contributed by atoms with Crippen molar-refractivity contribution in [1.82, 2.24) is 25.1 Å². The molecule has 0 fully saturated rings. The van der Waals surface area contributed by atoms with Crippen LogP contribution in [0, 0.1) is 0 Å². The smallest absolute Gasteiger partial charge is 0.348 e. The van der Waals surface area contributed by atoms with Gasteiger partial charge in [0.05, 0.1) is 5.56 Å². The highest BCUT2D eigenvalue weighted by Gasteiger charge is 2.29. The van der Waals surface area contributed by atoms with Crippen LogP contribution in [0.2, 0.25) is 0 Å². The van der Waals surface area contributed by atoms with Crippen molar-refractivity contribution in [3.63, 3.8) is 0 Å². The molecule has 7 nitrogen and oxygen atoms in total. The molecule has 10 heteroatoms. The third-order valence-electron chi connectivity index (χ3n) is 3.49. The van der Waals surface area contributed by atoms with Crippen LogP contribution in [-0.4, -0.2) is 25.7 Å². The van der Waals surface area contributed by atoms with E-state index in [2.05, 4.69) is 20.4 Å². The van der Waals surface area contributed by atoms with Crippen molar-refractivity contribution in [2.24, 2.45) is 0 Å². The normalized spacial score (nSPS) is 11.3. The van der Waals surface area contributed by atoms with E-state index >= 15 is 0 Å². The van der Waals surface area contributed by atoms with Crippen molar-refractivity contribution in [3.05, 3.63) is 76.0 Å². The Balaban J connectivity index is 1.68. The van der Waals surface area contributed by atoms with Crippen molar-refractivity contribution in [2.75, 3.05) is 0 Å². The first-order chi connectivity index (χ1) is 12.3. The maximum atomic E-state index is 12.5. The van der Waals surface area contributed by atoms with Crippen molar-refractivity contribution in [3.8, 4) is 5.95 Å². The molecule has 0 aliphatic heterocycles. The molecule has 0 radical (unpaired) electrons. The summed E-state index contributed by atoms with van der Waals surface area (Å²) in [6, 6.07) is 6.01. The lowest BCUT2D eigenvalue weighted by molar-refractivity contribution is -0.137. The maximum absolute atomic E-state index is 12.5. The fourth-order valence-electron chi connectivity index (χ4n) is 2.15. The van der Waals surface area contributed by atoms with E-state index in [4.69, 9.17) is 0 Å². The summed E-state index contributed by atoms with van der Waals surface area (Å²) in [7, 11) is 0. The number of carbonyl (C=O) groups excluding carboxylic acids is 1. The number of aromatic nitrogens is 4. The molecule has 2 aromatic heterocycles. The van der Waals surface area contributed by atoms with Crippen LogP contribution in [0.1, 0.15) is 21.5 Å². The van der Waals surface area contributed by atoms with E-state index in [1.807, 2.05) is 0 Å². The molecule has 2 N–H and O–H groups in total. The van der Waals surface area contributed by atoms with E-state index in [-0.39, 0.29) is 18.1 Å². The number of halogens is 3. The number of rotatable bonds is 4. The zero-order valence-electron chi connectivity index (χ0n) is 13.1. The number of hydrogen-bond acceptors (Lipinski definition) is 4. The molecule has 3 aromatic rings. The van der Waals surface area contributed by atoms with Gasteiger partial charge < -0.3 is 5.32 Å². The van der Waals surface area contributed by atoms with E-state index < -0.39 is 23.2 Å². The van der Waals surface area contributed by atoms with Crippen molar-refractivity contribution >= 4 is 5.91 Å². The van der Waals surface area contributed by atoms with Gasteiger partial charge in [0.15, 0.2) is 0 Å². The molecule has 26 heavy (non-hydrogen) atoms. The van der Waals surface area contributed by atoms with E-state index in [9.17, 15) is 22.8 Å². The molecule has 1 amide bonds. The molecule has 0 saturated carbocycles. The lowest BCUT2D eigenvalue weighted by Crippen LogP contribution is -2.30. The number of alkyl halides is 3. The minimum atomic E-state index is -4.42. The molecular formula is C16H12F3N5O2. The molecule has 0 bridgehead atoms. The van der Waals surface area contributed by atoms with Gasteiger partial charge in [0.1, 0.15) is 5.56 Å². The average molecular weight is 363 g/mol. The van der Waals surface area contributed by atoms with E-state index in [1.165, 1.54) is 23.0 Å². The average Bonchev–Trinajstić information content (AvgIpc) is 3.14. The Labute approximate surface area is 144 Å². The van der Waals surface area contributed by atoms with Gasteiger partial charge in [-0.1, -0.05) is 12.1 Å². The van der Waals surface area contributed by atoms with Gasteiger partial charge in [0.2, 0.25) is 5.95 Å². The number of H-pyrrole nitrogens is 1. The lowest BCUT2D eigenvalue weighted by atomic mass is 10.1. The number of carbonyl (C=O) groups is 1. The van der Waals surface area contributed by atoms with Gasteiger partial charge >= 0.3 is 6.18 Å². The number of benzene rings is 1. The summed E-state index contributed by atoms with van der Waals surface area (Å²) < 4.78 is 38.9. The summed E-state index contributed by atoms with van der Waals surface area (Å²) in [5.74, 6) is -0.537. The first-order valence-corrected chi connectivity index (χ1v) is 7.38. The molecule has 0 spiro atoms. The first-order valence-electron chi connectivity index (χ1n) is 7.38. The van der Waals surface area contributed by atoms with Crippen LogP contribution in [0.15, 0.2) is 53.7 Å². The van der Waals surface area contributed by atoms with Crippen LogP contribution in [-0.2, 0) is 12.7 Å². The Hall–Kier alpha value is -3.43. The summed E-state index contributed by atoms with van der Waals surface area (Å²) in [6.45, 7) is -0.0304. The molecule has 0 saturated heterocycles. The summed E-state index contributed by atoms with van der Waals surface area (Å²) in [5, 5.41) is 6.37. The van der Waals surface area contributed by atoms with Gasteiger partial charge in [-0.2, -0.15) is 18.3 Å². The van der Waals surface area contributed by atoms with Crippen LogP contribution < -0.4 is 10.9 Å². The number of nitrogens with one attached hydrogen (secondary N) is 2. The molecule has 2 heterocycles. The van der Waals surface area contributed by atoms with Gasteiger partial charge in [0, 0.05) is 25.1 Å². The summed E-state index contributed by atoms with van der Waals surface area (Å²) in [4.78, 5) is 30.5. The zero-order valence-corrected chi connectivity index (χ0v) is 13.1. The predicted molar refractivity (Wildman–Crippen MR) is 84.6 cm³/mol. The molecule has 134 valence electrons. The van der Waals surface area contributed by atoms with Crippen LogP contribution >= 0.6 is 0 Å². The molecule has 0 atom stereocenters. The highest BCUT2D eigenvalue weighted by molar-refractivity contribution is 5.93. The molecule has 3 rings (SSSR count). The number of amides is 1. The Morgan fingerprint density at radius 1 is 1.23 bits per heavy atom. The predicted octanol–water partition coefficient (Wildman–Crippen LogP) is 1.90. The summed E-state index contributed by atoms with van der Waals surface area (Å²) in [5.41, 5.74) is -1.19. The van der Waals surface area contributed by atoms with Crippen molar-refractivity contribution in [2.45, 2.75) is 12.7 Å². The fourth-order valence-corrected chi connectivity index (χ4v) is 2.15. The Morgan fingerprint density at radius 3 is 2.54 bits per heavy atom. The second kappa shape index (κ2) is 6.82. The van der Waals surface area contributed by atoms with Crippen LogP contribution in [0.4, 0.5) is 13.2 Å². The topological polar surface area (TPSA) is 92.7 Å². The van der Waals surface area contributed by atoms with E-state index in [0.717, 1.165) is 18.3 Å². The quantitative estimate of drug-likeness (QED) is 0.741. The standard InChI is InChI=1S/C16H12F3N5O2/c17-16(18,19)11-4-2-10(3-5-11)8-20-13(25)12-9-21-15(23-14(12)26)24-7-1-6-22-24/h1-7,9H,8H2,(H,20,25)(H,21,23,26). The fraction of sp³-hybridized carbons (Fsp3) is 0.125. The van der Waals surface area contributed by atoms with Crippen molar-refractivity contribution < 1.29 is 18.0 Å².